The summed E-state index contributed by atoms with van der Waals surface area (Å²) >= 11 is 3.52. The highest BCUT2D eigenvalue weighted by atomic mass is 32.2. The molecule has 2 aromatic rings. The standard InChI is InChI=1S/C22H27N11O5S3/c23-7-4-8-32-22(27-30-31-32)40-10-11-9-39-19-14(18(35)33(19)15(11)20(36)37)25-17(34)13(16-26-21(24)41-29-16)28-38-12-5-2-1-3-6-12/h2,5,12,14,19H,1,3-4,6-10,23H2,(H,25,34)(H,36,37)(H2,24,26,29)/t12?,14?,19-/m1/s1. The van der Waals surface area contributed by atoms with Gasteiger partial charge < -0.3 is 26.7 Å². The van der Waals surface area contributed by atoms with Crippen LogP contribution in [-0.4, -0.2) is 98.6 Å². The monoisotopic (exact) mass is 621 g/mol. The maximum absolute atomic E-state index is 13.3. The molecule has 41 heavy (non-hydrogen) atoms. The Morgan fingerprint density at radius 1 is 1.37 bits per heavy atom. The number of anilines is 1. The highest BCUT2D eigenvalue weighted by Gasteiger charge is 2.54. The topological polar surface area (TPSA) is 230 Å². The number of aliphatic carboxylic acids is 1. The van der Waals surface area contributed by atoms with Gasteiger partial charge in [0, 0.05) is 29.6 Å². The molecule has 0 radical (unpaired) electrons. The smallest absolute Gasteiger partial charge is 0.352 e. The predicted molar refractivity (Wildman–Crippen MR) is 151 cm³/mol. The minimum Gasteiger partial charge on any atom is -0.477 e. The maximum Gasteiger partial charge on any atom is 0.352 e. The van der Waals surface area contributed by atoms with Crippen molar-refractivity contribution in [2.24, 2.45) is 10.9 Å². The molecule has 1 fully saturated rings. The number of nitrogens with two attached hydrogens (primary N) is 2. The second-order valence-corrected chi connectivity index (χ2v) is 12.0. The minimum atomic E-state index is -1.23. The fourth-order valence-corrected chi connectivity index (χ4v) is 7.16. The van der Waals surface area contributed by atoms with E-state index in [1.165, 1.54) is 28.4 Å². The van der Waals surface area contributed by atoms with Gasteiger partial charge in [-0.15, -0.1) is 16.9 Å². The molecule has 0 aromatic carbocycles. The summed E-state index contributed by atoms with van der Waals surface area (Å²) < 4.78 is 5.67. The Kier molecular flexibility index (Phi) is 9.15. The molecule has 5 rings (SSSR count). The molecule has 1 aliphatic carbocycles. The fraction of sp³-hybridized carbons (Fsp3) is 0.500. The predicted octanol–water partition coefficient (Wildman–Crippen LogP) is -0.184. The van der Waals surface area contributed by atoms with Gasteiger partial charge in [0.15, 0.2) is 5.13 Å². The van der Waals surface area contributed by atoms with Crippen molar-refractivity contribution in [3.05, 3.63) is 29.2 Å². The highest BCUT2D eigenvalue weighted by Crippen LogP contribution is 2.41. The number of allylic oxidation sites excluding steroid dienone is 1. The van der Waals surface area contributed by atoms with E-state index in [9.17, 15) is 19.5 Å². The molecule has 2 amide bonds. The molecule has 0 spiro atoms. The van der Waals surface area contributed by atoms with Crippen LogP contribution < -0.4 is 16.8 Å². The van der Waals surface area contributed by atoms with Crippen LogP contribution in [-0.2, 0) is 25.8 Å². The number of hydrogen-bond donors (Lipinski definition) is 4. The number of thioether (sulfide) groups is 2. The van der Waals surface area contributed by atoms with E-state index < -0.39 is 29.2 Å². The number of nitrogens with zero attached hydrogens (tertiary/aromatic N) is 8. The second-order valence-electron chi connectivity index (χ2n) is 9.13. The zero-order valence-corrected chi connectivity index (χ0v) is 24.0. The number of amides is 2. The molecule has 19 heteroatoms. The van der Waals surface area contributed by atoms with Crippen molar-refractivity contribution < 1.29 is 24.3 Å². The molecular formula is C22H27N11O5S3. The molecule has 218 valence electrons. The molecule has 2 aromatic heterocycles. The van der Waals surface area contributed by atoms with E-state index >= 15 is 0 Å². The lowest BCUT2D eigenvalue weighted by Crippen LogP contribution is -2.71. The highest BCUT2D eigenvalue weighted by molar-refractivity contribution is 8.01. The number of nitrogens with one attached hydrogen (secondary N) is 1. The SMILES string of the molecule is NCCCn1nnnc1SCC1=C(C(=O)O)N2C(=O)C(NC(=O)C(=NOC3C=CCCC3)c3nsc(N)n3)[C@H]2SC1. The van der Waals surface area contributed by atoms with Crippen molar-refractivity contribution in [2.75, 3.05) is 23.8 Å². The number of fused-ring (bicyclic) bond motifs is 1. The zero-order valence-electron chi connectivity index (χ0n) is 21.6. The molecule has 3 aliphatic rings. The number of nitrogen functional groups attached to an aromatic ring is 1. The first-order chi connectivity index (χ1) is 19.9. The van der Waals surface area contributed by atoms with Crippen LogP contribution in [0, 0.1) is 0 Å². The summed E-state index contributed by atoms with van der Waals surface area (Å²) in [4.78, 5) is 49.5. The van der Waals surface area contributed by atoms with Crippen LogP contribution in [0.2, 0.25) is 0 Å². The summed E-state index contributed by atoms with van der Waals surface area (Å²) in [6, 6.07) is -0.977. The van der Waals surface area contributed by atoms with Gasteiger partial charge in [0.1, 0.15) is 23.2 Å². The Balaban J connectivity index is 1.28. The Bertz CT molecular complexity index is 1410. The molecular weight excluding hydrogens is 595 g/mol. The van der Waals surface area contributed by atoms with E-state index in [4.69, 9.17) is 16.3 Å². The summed E-state index contributed by atoms with van der Waals surface area (Å²) in [7, 11) is 0. The van der Waals surface area contributed by atoms with Crippen LogP contribution in [0.5, 0.6) is 0 Å². The molecule has 2 unspecified atom stereocenters. The van der Waals surface area contributed by atoms with Crippen molar-refractivity contribution in [3.63, 3.8) is 0 Å². The van der Waals surface area contributed by atoms with Gasteiger partial charge in [-0.1, -0.05) is 23.0 Å². The van der Waals surface area contributed by atoms with Crippen molar-refractivity contribution in [3.8, 4) is 0 Å². The third kappa shape index (κ3) is 6.36. The number of rotatable bonds is 12. The first kappa shape index (κ1) is 29.0. The summed E-state index contributed by atoms with van der Waals surface area (Å²) in [5, 5.41) is 28.3. The van der Waals surface area contributed by atoms with E-state index in [2.05, 4.69) is 35.4 Å². The lowest BCUT2D eigenvalue weighted by molar-refractivity contribution is -0.150. The molecule has 2 aliphatic heterocycles. The second kappa shape index (κ2) is 13.0. The summed E-state index contributed by atoms with van der Waals surface area (Å²) in [6.45, 7) is 1.02. The van der Waals surface area contributed by atoms with Crippen molar-refractivity contribution in [1.29, 1.82) is 0 Å². The third-order valence-electron chi connectivity index (χ3n) is 6.34. The average Bonchev–Trinajstić information content (AvgIpc) is 3.62. The number of tetrazole rings is 1. The largest absolute Gasteiger partial charge is 0.477 e. The molecule has 3 atom stereocenters. The minimum absolute atomic E-state index is 0.0241. The number of carbonyl (C=O) groups excluding carboxylic acids is 2. The fourth-order valence-electron chi connectivity index (χ4n) is 4.34. The first-order valence-corrected chi connectivity index (χ1v) is 15.5. The van der Waals surface area contributed by atoms with Crippen LogP contribution in [0.3, 0.4) is 0 Å². The van der Waals surface area contributed by atoms with Gasteiger partial charge in [-0.2, -0.15) is 9.36 Å². The van der Waals surface area contributed by atoms with Gasteiger partial charge in [0.05, 0.1) is 0 Å². The number of β-lactam (4-membered cyclic amide) rings is 1. The molecule has 16 nitrogen and oxygen atoms in total. The number of hydrogen-bond acceptors (Lipinski definition) is 15. The molecule has 6 N–H and O–H groups in total. The maximum atomic E-state index is 13.3. The zero-order chi connectivity index (χ0) is 28.9. The Hall–Kier alpha value is -3.55. The molecule has 4 heterocycles. The quantitative estimate of drug-likeness (QED) is 0.0792. The third-order valence-corrected chi connectivity index (χ3v) is 9.27. The summed E-state index contributed by atoms with van der Waals surface area (Å²) in [5.41, 5.74) is 11.5. The molecule has 1 saturated heterocycles. The van der Waals surface area contributed by atoms with Gasteiger partial charge >= 0.3 is 5.97 Å². The number of carboxylic acids is 1. The van der Waals surface area contributed by atoms with Gasteiger partial charge in [0.25, 0.3) is 11.8 Å². The number of carbonyl (C=O) groups is 3. The van der Waals surface area contributed by atoms with Crippen molar-refractivity contribution >= 4 is 63.7 Å². The van der Waals surface area contributed by atoms with Crippen molar-refractivity contribution in [2.45, 2.75) is 54.9 Å². The van der Waals surface area contributed by atoms with Crippen LogP contribution in [0.15, 0.2) is 33.7 Å². The first-order valence-electron chi connectivity index (χ1n) is 12.7. The van der Waals surface area contributed by atoms with E-state index in [1.807, 2.05) is 12.2 Å². The normalized spacial score (nSPS) is 22.4. The number of carboxylic acid groups (broad SMARTS) is 1. The summed E-state index contributed by atoms with van der Waals surface area (Å²) in [5.74, 6) is -1.93. The molecule has 0 bridgehead atoms. The lowest BCUT2D eigenvalue weighted by atomic mass is 10.0. The van der Waals surface area contributed by atoms with Crippen molar-refractivity contribution in [1.82, 2.24) is 39.8 Å². The van der Waals surface area contributed by atoms with Gasteiger partial charge in [-0.05, 0) is 54.3 Å². The van der Waals surface area contributed by atoms with Crippen LogP contribution in [0.4, 0.5) is 5.13 Å². The number of aromatic nitrogens is 6. The van der Waals surface area contributed by atoms with Gasteiger partial charge in [-0.25, -0.2) is 9.48 Å². The van der Waals surface area contributed by atoms with Crippen LogP contribution in [0.25, 0.3) is 0 Å². The van der Waals surface area contributed by atoms with Crippen LogP contribution in [0.1, 0.15) is 31.5 Å². The lowest BCUT2D eigenvalue weighted by Gasteiger charge is -2.49. The van der Waals surface area contributed by atoms with E-state index in [0.29, 0.717) is 36.0 Å². The summed E-state index contributed by atoms with van der Waals surface area (Å²) in [6.07, 6.45) is 6.85. The molecule has 0 saturated carbocycles. The average molecular weight is 622 g/mol. The number of oxime groups is 1. The Morgan fingerprint density at radius 2 is 2.22 bits per heavy atom. The van der Waals surface area contributed by atoms with E-state index in [-0.39, 0.29) is 34.2 Å². The Labute approximate surface area is 246 Å². The van der Waals surface area contributed by atoms with Crippen LogP contribution >= 0.6 is 35.1 Å². The van der Waals surface area contributed by atoms with Gasteiger partial charge in [0.2, 0.25) is 16.7 Å². The van der Waals surface area contributed by atoms with E-state index in [0.717, 1.165) is 30.8 Å². The Morgan fingerprint density at radius 3 is 2.93 bits per heavy atom. The van der Waals surface area contributed by atoms with Gasteiger partial charge in [-0.3, -0.25) is 14.5 Å². The van der Waals surface area contributed by atoms with E-state index in [1.54, 1.807) is 4.68 Å². The number of aryl methyl sites for hydroxylation is 1.